The number of carboxylic acid groups (broad SMARTS) is 1. The fourth-order valence-corrected chi connectivity index (χ4v) is 2.87. The Bertz CT molecular complexity index is 1000. The van der Waals surface area contributed by atoms with Gasteiger partial charge in [-0.2, -0.15) is 10.2 Å². The van der Waals surface area contributed by atoms with Gasteiger partial charge in [0.1, 0.15) is 6.54 Å². The summed E-state index contributed by atoms with van der Waals surface area (Å²) in [5.41, 5.74) is 4.68. The zero-order valence-corrected chi connectivity index (χ0v) is 15.4. The maximum Gasteiger partial charge on any atom is 0.325 e. The lowest BCUT2D eigenvalue weighted by molar-refractivity contribution is -0.137. The van der Waals surface area contributed by atoms with Crippen LogP contribution in [-0.2, 0) is 17.9 Å². The lowest BCUT2D eigenvalue weighted by Crippen LogP contribution is -2.16. The number of aryl methyl sites for hydroxylation is 2. The molecule has 8 heteroatoms. The van der Waals surface area contributed by atoms with E-state index >= 15 is 0 Å². The first kappa shape index (κ1) is 18.4. The fraction of sp³-hybridized carbons (Fsp3) is 0.263. The minimum absolute atomic E-state index is 0.154. The number of carbonyl (C=O) groups is 2. The summed E-state index contributed by atoms with van der Waals surface area (Å²) < 4.78 is 3.06. The van der Waals surface area contributed by atoms with Crippen LogP contribution in [-0.4, -0.2) is 36.5 Å². The van der Waals surface area contributed by atoms with Gasteiger partial charge in [0, 0.05) is 6.20 Å². The van der Waals surface area contributed by atoms with Crippen molar-refractivity contribution in [1.29, 1.82) is 0 Å². The molecule has 0 spiro atoms. The van der Waals surface area contributed by atoms with Crippen molar-refractivity contribution in [2.75, 3.05) is 5.32 Å². The van der Waals surface area contributed by atoms with E-state index in [0.29, 0.717) is 17.9 Å². The molecule has 0 fully saturated rings. The molecule has 2 N–H and O–H groups in total. The predicted octanol–water partition coefficient (Wildman–Crippen LogP) is 2.39. The summed E-state index contributed by atoms with van der Waals surface area (Å²) in [6, 6.07) is 9.58. The highest BCUT2D eigenvalue weighted by molar-refractivity contribution is 6.03. The lowest BCUT2D eigenvalue weighted by atomic mass is 10.1. The predicted molar refractivity (Wildman–Crippen MR) is 99.8 cm³/mol. The monoisotopic (exact) mass is 367 g/mol. The van der Waals surface area contributed by atoms with E-state index in [2.05, 4.69) is 34.6 Å². The van der Waals surface area contributed by atoms with Crippen molar-refractivity contribution in [3.05, 3.63) is 64.7 Å². The van der Waals surface area contributed by atoms with Crippen LogP contribution in [0.4, 0.5) is 5.69 Å². The molecule has 8 nitrogen and oxygen atoms in total. The molecule has 0 atom stereocenters. The van der Waals surface area contributed by atoms with Crippen LogP contribution in [0.2, 0.25) is 0 Å². The van der Waals surface area contributed by atoms with Crippen molar-refractivity contribution in [1.82, 2.24) is 19.6 Å². The minimum atomic E-state index is -1.02. The molecule has 3 aromatic rings. The number of nitrogens with zero attached hydrogens (tertiary/aromatic N) is 4. The zero-order chi connectivity index (χ0) is 19.6. The first-order valence-electron chi connectivity index (χ1n) is 8.50. The van der Waals surface area contributed by atoms with Gasteiger partial charge in [0.15, 0.2) is 5.69 Å². The highest BCUT2D eigenvalue weighted by Gasteiger charge is 2.17. The highest BCUT2D eigenvalue weighted by atomic mass is 16.4. The van der Waals surface area contributed by atoms with Gasteiger partial charge in [0.25, 0.3) is 5.91 Å². The number of anilines is 1. The Morgan fingerprint density at radius 1 is 1.11 bits per heavy atom. The SMILES string of the molecule is Cc1ccccc1Cn1nc(C)c(NC(=O)c2ccn(CC(=O)O)n2)c1C. The number of carboxylic acids is 1. The second kappa shape index (κ2) is 7.45. The second-order valence-electron chi connectivity index (χ2n) is 6.38. The van der Waals surface area contributed by atoms with Gasteiger partial charge in [-0.1, -0.05) is 24.3 Å². The largest absolute Gasteiger partial charge is 0.480 e. The molecule has 0 saturated heterocycles. The van der Waals surface area contributed by atoms with Gasteiger partial charge in [0.05, 0.1) is 23.6 Å². The summed E-state index contributed by atoms with van der Waals surface area (Å²) in [5.74, 6) is -1.42. The summed E-state index contributed by atoms with van der Waals surface area (Å²) in [4.78, 5) is 23.2. The number of amides is 1. The van der Waals surface area contributed by atoms with Crippen LogP contribution in [0.3, 0.4) is 0 Å². The number of carbonyl (C=O) groups excluding carboxylic acids is 1. The molecule has 0 unspecified atom stereocenters. The molecule has 1 aromatic carbocycles. The van der Waals surface area contributed by atoms with Crippen molar-refractivity contribution in [3.63, 3.8) is 0 Å². The number of hydrogen-bond acceptors (Lipinski definition) is 4. The molecular weight excluding hydrogens is 346 g/mol. The molecule has 2 heterocycles. The fourth-order valence-electron chi connectivity index (χ4n) is 2.87. The van der Waals surface area contributed by atoms with Crippen molar-refractivity contribution >= 4 is 17.6 Å². The Morgan fingerprint density at radius 2 is 1.85 bits per heavy atom. The van der Waals surface area contributed by atoms with Crippen molar-refractivity contribution in [2.45, 2.75) is 33.9 Å². The Hall–Kier alpha value is -3.42. The number of nitrogens with one attached hydrogen (secondary N) is 1. The zero-order valence-electron chi connectivity index (χ0n) is 15.4. The van der Waals surface area contributed by atoms with E-state index < -0.39 is 11.9 Å². The van der Waals surface area contributed by atoms with E-state index in [1.54, 1.807) is 0 Å². The number of benzene rings is 1. The van der Waals surface area contributed by atoms with Crippen molar-refractivity contribution in [2.24, 2.45) is 0 Å². The maximum atomic E-state index is 12.5. The van der Waals surface area contributed by atoms with E-state index in [-0.39, 0.29) is 12.2 Å². The molecule has 0 aliphatic heterocycles. The van der Waals surface area contributed by atoms with Crippen LogP contribution in [0.5, 0.6) is 0 Å². The third kappa shape index (κ3) is 4.05. The van der Waals surface area contributed by atoms with Gasteiger partial charge in [0.2, 0.25) is 0 Å². The summed E-state index contributed by atoms with van der Waals surface area (Å²) in [6.45, 7) is 6.11. The van der Waals surface area contributed by atoms with Crippen molar-refractivity contribution in [3.8, 4) is 0 Å². The Labute approximate surface area is 156 Å². The van der Waals surface area contributed by atoms with E-state index in [0.717, 1.165) is 11.3 Å². The Morgan fingerprint density at radius 3 is 2.56 bits per heavy atom. The molecule has 140 valence electrons. The third-order valence-electron chi connectivity index (χ3n) is 4.37. The molecular formula is C19H21N5O3. The average molecular weight is 367 g/mol. The Kier molecular flexibility index (Phi) is 5.07. The molecule has 0 bridgehead atoms. The molecule has 0 saturated carbocycles. The molecule has 0 aliphatic carbocycles. The topological polar surface area (TPSA) is 102 Å². The van der Waals surface area contributed by atoms with Gasteiger partial charge in [-0.15, -0.1) is 0 Å². The summed E-state index contributed by atoms with van der Waals surface area (Å²) >= 11 is 0. The third-order valence-corrected chi connectivity index (χ3v) is 4.37. The van der Waals surface area contributed by atoms with E-state index in [1.807, 2.05) is 30.7 Å². The van der Waals surface area contributed by atoms with Crippen LogP contribution in [0.15, 0.2) is 36.5 Å². The number of aromatic nitrogens is 4. The smallest absolute Gasteiger partial charge is 0.325 e. The van der Waals surface area contributed by atoms with Crippen molar-refractivity contribution < 1.29 is 14.7 Å². The number of aliphatic carboxylic acids is 1. The van der Waals surface area contributed by atoms with Crippen LogP contribution in [0.25, 0.3) is 0 Å². The van der Waals surface area contributed by atoms with Crippen LogP contribution < -0.4 is 5.32 Å². The minimum Gasteiger partial charge on any atom is -0.480 e. The standard InChI is InChI=1S/C19H21N5O3/c1-12-6-4-5-7-15(12)10-24-14(3)18(13(2)21-24)20-19(27)16-8-9-23(22-16)11-17(25)26/h4-9H,10-11H2,1-3H3,(H,20,27)(H,25,26). The van der Waals surface area contributed by atoms with E-state index in [4.69, 9.17) is 5.11 Å². The maximum absolute atomic E-state index is 12.5. The summed E-state index contributed by atoms with van der Waals surface area (Å²) in [5, 5.41) is 20.2. The van der Waals surface area contributed by atoms with E-state index in [9.17, 15) is 9.59 Å². The van der Waals surface area contributed by atoms with Crippen LogP contribution in [0.1, 0.15) is 33.0 Å². The molecule has 0 aliphatic rings. The van der Waals surface area contributed by atoms with Gasteiger partial charge in [-0.3, -0.25) is 19.0 Å². The van der Waals surface area contributed by atoms with E-state index in [1.165, 1.54) is 22.5 Å². The van der Waals surface area contributed by atoms with Gasteiger partial charge < -0.3 is 10.4 Å². The summed E-state index contributed by atoms with van der Waals surface area (Å²) in [6.07, 6.45) is 1.46. The first-order valence-corrected chi connectivity index (χ1v) is 8.50. The average Bonchev–Trinajstić information content (AvgIpc) is 3.17. The van der Waals surface area contributed by atoms with Gasteiger partial charge in [-0.25, -0.2) is 0 Å². The molecule has 0 radical (unpaired) electrons. The van der Waals surface area contributed by atoms with Crippen LogP contribution in [0, 0.1) is 20.8 Å². The molecule has 2 aromatic heterocycles. The number of hydrogen-bond donors (Lipinski definition) is 2. The molecule has 3 rings (SSSR count). The molecule has 27 heavy (non-hydrogen) atoms. The first-order chi connectivity index (χ1) is 12.8. The quantitative estimate of drug-likeness (QED) is 0.696. The Balaban J connectivity index is 1.78. The van der Waals surface area contributed by atoms with Gasteiger partial charge in [-0.05, 0) is 38.0 Å². The second-order valence-corrected chi connectivity index (χ2v) is 6.38. The highest BCUT2D eigenvalue weighted by Crippen LogP contribution is 2.21. The normalized spacial score (nSPS) is 10.8. The molecule has 1 amide bonds. The number of rotatable bonds is 6. The summed E-state index contributed by atoms with van der Waals surface area (Å²) in [7, 11) is 0. The van der Waals surface area contributed by atoms with Crippen LogP contribution >= 0.6 is 0 Å². The van der Waals surface area contributed by atoms with Gasteiger partial charge >= 0.3 is 5.97 Å². The lowest BCUT2D eigenvalue weighted by Gasteiger charge is -2.08.